The summed E-state index contributed by atoms with van der Waals surface area (Å²) in [6, 6.07) is 11.7. The summed E-state index contributed by atoms with van der Waals surface area (Å²) in [5.41, 5.74) is 5.53. The van der Waals surface area contributed by atoms with Crippen molar-refractivity contribution in [2.45, 2.75) is 0 Å². The van der Waals surface area contributed by atoms with E-state index >= 15 is 0 Å². The zero-order valence-corrected chi connectivity index (χ0v) is 13.0. The molecule has 0 spiro atoms. The van der Waals surface area contributed by atoms with Crippen LogP contribution in [0.25, 0.3) is 6.08 Å². The highest BCUT2D eigenvalue weighted by Crippen LogP contribution is 2.14. The molecule has 8 heteroatoms. The number of carbonyl (C=O) groups is 2. The van der Waals surface area contributed by atoms with Gasteiger partial charge in [0.15, 0.2) is 0 Å². The molecule has 122 valence electrons. The number of rotatable bonds is 5. The number of primary amides is 1. The number of halogens is 1. The van der Waals surface area contributed by atoms with E-state index in [0.29, 0.717) is 10.6 Å². The van der Waals surface area contributed by atoms with Crippen LogP contribution in [0, 0.1) is 10.1 Å². The highest BCUT2D eigenvalue weighted by atomic mass is 35.5. The molecular weight excluding hydrogens is 334 g/mol. The average molecular weight is 346 g/mol. The monoisotopic (exact) mass is 345 g/mol. The van der Waals surface area contributed by atoms with Crippen molar-refractivity contribution in [2.75, 3.05) is 0 Å². The summed E-state index contributed by atoms with van der Waals surface area (Å²) in [6.45, 7) is 0. The maximum absolute atomic E-state index is 12.2. The summed E-state index contributed by atoms with van der Waals surface area (Å²) in [5, 5.41) is 13.6. The van der Waals surface area contributed by atoms with Gasteiger partial charge in [-0.2, -0.15) is 0 Å². The second-order valence-electron chi connectivity index (χ2n) is 4.74. The Morgan fingerprint density at radius 1 is 1.17 bits per heavy atom. The van der Waals surface area contributed by atoms with Crippen molar-refractivity contribution in [1.82, 2.24) is 5.32 Å². The number of nitro groups is 1. The summed E-state index contributed by atoms with van der Waals surface area (Å²) >= 11 is 5.78. The number of hydrogen-bond donors (Lipinski definition) is 2. The predicted octanol–water partition coefficient (Wildman–Crippen LogP) is 2.50. The van der Waals surface area contributed by atoms with Gasteiger partial charge in [0.2, 0.25) is 0 Å². The lowest BCUT2D eigenvalue weighted by Gasteiger charge is -2.07. The van der Waals surface area contributed by atoms with Crippen LogP contribution in [-0.4, -0.2) is 16.7 Å². The van der Waals surface area contributed by atoms with Crippen LogP contribution in [0.3, 0.4) is 0 Å². The van der Waals surface area contributed by atoms with Gasteiger partial charge in [-0.1, -0.05) is 29.8 Å². The quantitative estimate of drug-likeness (QED) is 0.492. The summed E-state index contributed by atoms with van der Waals surface area (Å²) in [5.74, 6) is -1.53. The fourth-order valence-corrected chi connectivity index (χ4v) is 1.98. The number of nitrogens with zero attached hydrogens (tertiary/aromatic N) is 1. The fourth-order valence-electron chi connectivity index (χ4n) is 1.85. The molecule has 2 rings (SSSR count). The van der Waals surface area contributed by atoms with Gasteiger partial charge in [-0.05, 0) is 29.8 Å². The third-order valence-corrected chi connectivity index (χ3v) is 3.27. The molecule has 2 aromatic rings. The molecule has 2 aromatic carbocycles. The third kappa shape index (κ3) is 4.40. The van der Waals surface area contributed by atoms with E-state index in [-0.39, 0.29) is 16.9 Å². The first-order valence-electron chi connectivity index (χ1n) is 6.69. The first-order chi connectivity index (χ1) is 11.4. The molecule has 0 radical (unpaired) electrons. The van der Waals surface area contributed by atoms with Crippen LogP contribution >= 0.6 is 11.6 Å². The maximum Gasteiger partial charge on any atom is 0.270 e. The Hall–Kier alpha value is -3.19. The van der Waals surface area contributed by atoms with Crippen molar-refractivity contribution in [1.29, 1.82) is 0 Å². The summed E-state index contributed by atoms with van der Waals surface area (Å²) in [7, 11) is 0. The Kier molecular flexibility index (Phi) is 5.28. The third-order valence-electron chi connectivity index (χ3n) is 3.01. The zero-order valence-electron chi connectivity index (χ0n) is 12.2. The Morgan fingerprint density at radius 3 is 2.42 bits per heavy atom. The molecule has 0 atom stereocenters. The summed E-state index contributed by atoms with van der Waals surface area (Å²) < 4.78 is 0. The molecule has 7 nitrogen and oxygen atoms in total. The molecule has 24 heavy (non-hydrogen) atoms. The van der Waals surface area contributed by atoms with Gasteiger partial charge in [-0.3, -0.25) is 19.7 Å². The topological polar surface area (TPSA) is 115 Å². The maximum atomic E-state index is 12.2. The summed E-state index contributed by atoms with van der Waals surface area (Å²) in [4.78, 5) is 33.8. The van der Waals surface area contributed by atoms with Crippen molar-refractivity contribution >= 4 is 35.2 Å². The van der Waals surface area contributed by atoms with E-state index in [1.165, 1.54) is 24.3 Å². The highest BCUT2D eigenvalue weighted by molar-refractivity contribution is 6.30. The minimum atomic E-state index is -0.844. The van der Waals surface area contributed by atoms with E-state index < -0.39 is 16.7 Å². The first kappa shape index (κ1) is 17.2. The Balaban J connectivity index is 2.26. The lowest BCUT2D eigenvalue weighted by Crippen LogP contribution is -2.31. The van der Waals surface area contributed by atoms with Crippen LogP contribution in [0.4, 0.5) is 5.69 Å². The van der Waals surface area contributed by atoms with E-state index in [2.05, 4.69) is 5.32 Å². The molecule has 0 unspecified atom stereocenters. The van der Waals surface area contributed by atoms with Gasteiger partial charge >= 0.3 is 0 Å². The molecule has 2 amide bonds. The van der Waals surface area contributed by atoms with Crippen LogP contribution < -0.4 is 11.1 Å². The number of nitrogens with one attached hydrogen (secondary N) is 1. The second kappa shape index (κ2) is 7.38. The summed E-state index contributed by atoms with van der Waals surface area (Å²) in [6.07, 6.45) is 1.38. The number of hydrogen-bond acceptors (Lipinski definition) is 4. The number of non-ortho nitro benzene ring substituents is 1. The van der Waals surface area contributed by atoms with E-state index in [0.717, 1.165) is 6.07 Å². The number of amides is 2. The number of benzene rings is 2. The molecule has 0 heterocycles. The van der Waals surface area contributed by atoms with Crippen LogP contribution in [0.5, 0.6) is 0 Å². The van der Waals surface area contributed by atoms with Gasteiger partial charge < -0.3 is 11.1 Å². The van der Waals surface area contributed by atoms with Crippen LogP contribution in [-0.2, 0) is 4.79 Å². The zero-order chi connectivity index (χ0) is 17.7. The molecule has 0 aliphatic rings. The molecular formula is C16H12ClN3O4. The van der Waals surface area contributed by atoms with Gasteiger partial charge in [0, 0.05) is 22.7 Å². The van der Waals surface area contributed by atoms with Gasteiger partial charge in [0.25, 0.3) is 17.5 Å². The number of carbonyl (C=O) groups excluding carboxylic acids is 2. The van der Waals surface area contributed by atoms with E-state index in [4.69, 9.17) is 17.3 Å². The van der Waals surface area contributed by atoms with Gasteiger partial charge in [-0.15, -0.1) is 0 Å². The van der Waals surface area contributed by atoms with Gasteiger partial charge in [-0.25, -0.2) is 0 Å². The molecule has 0 saturated heterocycles. The van der Waals surface area contributed by atoms with Crippen molar-refractivity contribution in [3.05, 3.63) is 80.5 Å². The molecule has 0 bridgehead atoms. The largest absolute Gasteiger partial charge is 0.364 e. The van der Waals surface area contributed by atoms with Gasteiger partial charge in [0.1, 0.15) is 5.70 Å². The van der Waals surface area contributed by atoms with Crippen molar-refractivity contribution in [3.63, 3.8) is 0 Å². The lowest BCUT2D eigenvalue weighted by molar-refractivity contribution is -0.384. The average Bonchev–Trinajstić information content (AvgIpc) is 2.56. The molecule has 0 aliphatic heterocycles. The molecule has 3 N–H and O–H groups in total. The molecule has 0 saturated carbocycles. The smallest absolute Gasteiger partial charge is 0.270 e. The molecule has 0 aromatic heterocycles. The Morgan fingerprint density at radius 2 is 1.83 bits per heavy atom. The Bertz CT molecular complexity index is 831. The van der Waals surface area contributed by atoms with Crippen LogP contribution in [0.1, 0.15) is 15.9 Å². The lowest BCUT2D eigenvalue weighted by atomic mass is 10.1. The van der Waals surface area contributed by atoms with E-state index in [1.807, 2.05) is 0 Å². The fraction of sp³-hybridized carbons (Fsp3) is 0. The molecule has 0 aliphatic carbocycles. The predicted molar refractivity (Wildman–Crippen MR) is 89.2 cm³/mol. The van der Waals surface area contributed by atoms with Crippen molar-refractivity contribution in [2.24, 2.45) is 5.73 Å². The normalized spacial score (nSPS) is 11.0. The van der Waals surface area contributed by atoms with E-state index in [1.54, 1.807) is 24.3 Å². The standard InChI is InChI=1S/C16H12ClN3O4/c17-12-6-4-10(5-7-12)8-14(15(18)21)19-16(22)11-2-1-3-13(9-11)20(23)24/h1-9H,(H2,18,21)(H,19,22). The molecule has 0 fully saturated rings. The van der Waals surface area contributed by atoms with Crippen molar-refractivity contribution in [3.8, 4) is 0 Å². The van der Waals surface area contributed by atoms with E-state index in [9.17, 15) is 19.7 Å². The minimum absolute atomic E-state index is 0.0347. The number of nitro benzene ring substituents is 1. The van der Waals surface area contributed by atoms with Crippen LogP contribution in [0.2, 0.25) is 5.02 Å². The SMILES string of the molecule is NC(=O)C(=Cc1ccc(Cl)cc1)NC(=O)c1cccc([N+](=O)[O-])c1. The van der Waals surface area contributed by atoms with Crippen molar-refractivity contribution < 1.29 is 14.5 Å². The number of nitrogens with two attached hydrogens (primary N) is 1. The van der Waals surface area contributed by atoms with Gasteiger partial charge in [0.05, 0.1) is 4.92 Å². The second-order valence-corrected chi connectivity index (χ2v) is 5.17. The highest BCUT2D eigenvalue weighted by Gasteiger charge is 2.15. The minimum Gasteiger partial charge on any atom is -0.364 e. The Labute approximate surface area is 141 Å². The van der Waals surface area contributed by atoms with Crippen LogP contribution in [0.15, 0.2) is 54.2 Å². The first-order valence-corrected chi connectivity index (χ1v) is 7.07.